The molecule has 0 saturated heterocycles. The Morgan fingerprint density at radius 1 is 1.32 bits per heavy atom. The molecule has 0 amide bonds. The van der Waals surface area contributed by atoms with Crippen molar-refractivity contribution in [2.75, 3.05) is 14.2 Å². The monoisotopic (exact) mass is 262 g/mol. The molecule has 2 rings (SSSR count). The molecule has 2 aromatic rings. The summed E-state index contributed by atoms with van der Waals surface area (Å²) in [7, 11) is 2.89. The molecule has 0 bridgehead atoms. The van der Waals surface area contributed by atoms with E-state index in [2.05, 4.69) is 4.74 Å². The third-order valence-electron chi connectivity index (χ3n) is 2.84. The van der Waals surface area contributed by atoms with E-state index in [1.54, 1.807) is 12.1 Å². The van der Waals surface area contributed by atoms with Crippen molar-refractivity contribution < 1.29 is 23.5 Å². The molecule has 19 heavy (non-hydrogen) atoms. The smallest absolute Gasteiger partial charge is 0.305 e. The summed E-state index contributed by atoms with van der Waals surface area (Å²) in [6.07, 6.45) is 1.48. The number of esters is 1. The van der Waals surface area contributed by atoms with Crippen LogP contribution < -0.4 is 4.74 Å². The molecule has 0 radical (unpaired) electrons. The second-order valence-corrected chi connectivity index (χ2v) is 4.06. The highest BCUT2D eigenvalue weighted by atomic mass is 16.5. The third-order valence-corrected chi connectivity index (χ3v) is 2.84. The van der Waals surface area contributed by atoms with Crippen molar-refractivity contribution in [1.29, 1.82) is 0 Å². The molecule has 0 saturated carbocycles. The number of hydrogen-bond acceptors (Lipinski definition) is 5. The Kier molecular flexibility index (Phi) is 3.85. The molecular weight excluding hydrogens is 248 g/mol. The molecule has 0 aliphatic rings. The summed E-state index contributed by atoms with van der Waals surface area (Å²) in [5.41, 5.74) is 1.46. The second-order valence-electron chi connectivity index (χ2n) is 4.06. The van der Waals surface area contributed by atoms with Crippen LogP contribution in [0.3, 0.4) is 0 Å². The van der Waals surface area contributed by atoms with Gasteiger partial charge >= 0.3 is 5.97 Å². The number of fused-ring (bicyclic) bond motifs is 1. The predicted octanol–water partition coefficient (Wildman–Crippen LogP) is 2.36. The maximum atomic E-state index is 11.1. The molecule has 0 N–H and O–H groups in total. The molecule has 1 aromatic heterocycles. The van der Waals surface area contributed by atoms with Gasteiger partial charge in [-0.25, -0.2) is 0 Å². The van der Waals surface area contributed by atoms with Gasteiger partial charge in [0.25, 0.3) is 0 Å². The normalized spacial score (nSPS) is 10.4. The lowest BCUT2D eigenvalue weighted by molar-refractivity contribution is -0.140. The number of carbonyl (C=O) groups is 2. The van der Waals surface area contributed by atoms with Crippen LogP contribution in [0.25, 0.3) is 11.0 Å². The van der Waals surface area contributed by atoms with E-state index in [1.165, 1.54) is 14.2 Å². The fourth-order valence-corrected chi connectivity index (χ4v) is 1.90. The van der Waals surface area contributed by atoms with Gasteiger partial charge in [0.1, 0.15) is 0 Å². The molecule has 1 heterocycles. The van der Waals surface area contributed by atoms with Gasteiger partial charge in [0.15, 0.2) is 23.4 Å². The van der Waals surface area contributed by atoms with Gasteiger partial charge in [0, 0.05) is 11.8 Å². The Bertz CT molecular complexity index is 612. The minimum atomic E-state index is -0.264. The Hall–Kier alpha value is -2.30. The third kappa shape index (κ3) is 2.76. The molecule has 0 aliphatic carbocycles. The van der Waals surface area contributed by atoms with E-state index < -0.39 is 0 Å². The molecule has 1 aromatic carbocycles. The van der Waals surface area contributed by atoms with Crippen LogP contribution in [0.1, 0.15) is 22.5 Å². The van der Waals surface area contributed by atoms with Gasteiger partial charge in [-0.2, -0.15) is 0 Å². The van der Waals surface area contributed by atoms with Crippen LogP contribution in [0.15, 0.2) is 22.6 Å². The van der Waals surface area contributed by atoms with Crippen LogP contribution >= 0.6 is 0 Å². The van der Waals surface area contributed by atoms with Gasteiger partial charge in [-0.3, -0.25) is 9.59 Å². The lowest BCUT2D eigenvalue weighted by atomic mass is 10.1. The number of aldehydes is 1. The van der Waals surface area contributed by atoms with E-state index in [1.807, 2.05) is 6.07 Å². The number of aryl methyl sites for hydroxylation is 1. The van der Waals surface area contributed by atoms with Crippen molar-refractivity contribution in [3.63, 3.8) is 0 Å². The summed E-state index contributed by atoms with van der Waals surface area (Å²) in [4.78, 5) is 21.9. The second kappa shape index (κ2) is 5.56. The largest absolute Gasteiger partial charge is 0.493 e. The van der Waals surface area contributed by atoms with Gasteiger partial charge in [0.2, 0.25) is 0 Å². The van der Waals surface area contributed by atoms with E-state index in [9.17, 15) is 9.59 Å². The molecule has 100 valence electrons. The first-order chi connectivity index (χ1) is 9.17. The zero-order valence-corrected chi connectivity index (χ0v) is 10.8. The van der Waals surface area contributed by atoms with Gasteiger partial charge in [-0.05, 0) is 30.2 Å². The maximum Gasteiger partial charge on any atom is 0.305 e. The Morgan fingerprint density at radius 3 is 2.74 bits per heavy atom. The quantitative estimate of drug-likeness (QED) is 0.611. The fourth-order valence-electron chi connectivity index (χ4n) is 1.90. The number of methoxy groups -OCH3 is 2. The van der Waals surface area contributed by atoms with Crippen LogP contribution in [0.4, 0.5) is 0 Å². The van der Waals surface area contributed by atoms with E-state index in [4.69, 9.17) is 9.15 Å². The van der Waals surface area contributed by atoms with E-state index in [0.29, 0.717) is 30.5 Å². The van der Waals surface area contributed by atoms with E-state index in [0.717, 1.165) is 10.9 Å². The highest BCUT2D eigenvalue weighted by molar-refractivity contribution is 5.89. The van der Waals surface area contributed by atoms with E-state index in [-0.39, 0.29) is 11.7 Å². The topological polar surface area (TPSA) is 65.7 Å². The van der Waals surface area contributed by atoms with E-state index >= 15 is 0 Å². The van der Waals surface area contributed by atoms with Crippen LogP contribution in [-0.4, -0.2) is 26.5 Å². The van der Waals surface area contributed by atoms with Crippen molar-refractivity contribution in [1.82, 2.24) is 0 Å². The Morgan fingerprint density at radius 2 is 2.11 bits per heavy atom. The number of ether oxygens (including phenoxy) is 2. The molecule has 0 aliphatic heterocycles. The number of hydrogen-bond donors (Lipinski definition) is 0. The average molecular weight is 262 g/mol. The first kappa shape index (κ1) is 13.1. The highest BCUT2D eigenvalue weighted by Crippen LogP contribution is 2.30. The molecule has 0 spiro atoms. The first-order valence-corrected chi connectivity index (χ1v) is 5.80. The van der Waals surface area contributed by atoms with Crippen molar-refractivity contribution in [2.24, 2.45) is 0 Å². The van der Waals surface area contributed by atoms with Crippen molar-refractivity contribution in [2.45, 2.75) is 12.8 Å². The summed E-state index contributed by atoms with van der Waals surface area (Å²) in [6, 6.07) is 5.31. The maximum absolute atomic E-state index is 11.1. The summed E-state index contributed by atoms with van der Waals surface area (Å²) in [5.74, 6) is 0.531. The minimum Gasteiger partial charge on any atom is -0.493 e. The number of benzene rings is 1. The van der Waals surface area contributed by atoms with Crippen LogP contribution in [0, 0.1) is 0 Å². The number of carbonyl (C=O) groups excluding carboxylic acids is 2. The highest BCUT2D eigenvalue weighted by Gasteiger charge is 2.11. The van der Waals surface area contributed by atoms with Gasteiger partial charge < -0.3 is 13.9 Å². The zero-order valence-electron chi connectivity index (χ0n) is 10.8. The Balaban J connectivity index is 2.35. The lowest BCUT2D eigenvalue weighted by Crippen LogP contribution is -2.02. The molecule has 0 atom stereocenters. The fraction of sp³-hybridized carbons (Fsp3) is 0.286. The zero-order chi connectivity index (χ0) is 13.8. The van der Waals surface area contributed by atoms with Gasteiger partial charge in [-0.1, -0.05) is 0 Å². The average Bonchev–Trinajstić information content (AvgIpc) is 2.86. The Labute approximate surface area is 110 Å². The summed E-state index contributed by atoms with van der Waals surface area (Å²) < 4.78 is 15.2. The summed E-state index contributed by atoms with van der Waals surface area (Å²) in [6.45, 7) is 0. The number of furan rings is 1. The molecule has 0 unspecified atom stereocenters. The molecule has 5 heteroatoms. The minimum absolute atomic E-state index is 0.249. The predicted molar refractivity (Wildman–Crippen MR) is 68.5 cm³/mol. The van der Waals surface area contributed by atoms with Gasteiger partial charge in [0.05, 0.1) is 14.2 Å². The standard InChI is InChI=1S/C14H14O5/c1-17-12-6-9(3-4-13(16)18-2)5-10-7-11(8-15)19-14(10)12/h5-8H,3-4H2,1-2H3. The van der Waals surface area contributed by atoms with Gasteiger partial charge in [-0.15, -0.1) is 0 Å². The molecule has 0 fully saturated rings. The number of rotatable bonds is 5. The summed E-state index contributed by atoms with van der Waals surface area (Å²) >= 11 is 0. The van der Waals surface area contributed by atoms with Crippen molar-refractivity contribution >= 4 is 23.2 Å². The lowest BCUT2D eigenvalue weighted by Gasteiger charge is -2.05. The van der Waals surface area contributed by atoms with Crippen LogP contribution in [-0.2, 0) is 16.0 Å². The summed E-state index contributed by atoms with van der Waals surface area (Å²) in [5, 5.41) is 0.779. The SMILES string of the molecule is COC(=O)CCc1cc(OC)c2oc(C=O)cc2c1. The van der Waals surface area contributed by atoms with Crippen molar-refractivity contribution in [3.05, 3.63) is 29.5 Å². The van der Waals surface area contributed by atoms with Crippen LogP contribution in [0.5, 0.6) is 5.75 Å². The van der Waals surface area contributed by atoms with Crippen LogP contribution in [0.2, 0.25) is 0 Å². The molecule has 5 nitrogen and oxygen atoms in total. The van der Waals surface area contributed by atoms with Crippen molar-refractivity contribution in [3.8, 4) is 5.75 Å². The first-order valence-electron chi connectivity index (χ1n) is 5.80. The molecular formula is C14H14O5.